The Morgan fingerprint density at radius 1 is 1.29 bits per heavy atom. The molecular formula is C22H27FN2O6. The SMILES string of the molecule is COc1ccc(-c2nc(C(=O)F)c([C@H](C)OC(=O)NC(C)(C)C)o2)cc1OCC1CC1. The number of alkyl carbamates (subject to hydrolysis) is 1. The number of methoxy groups -OCH3 is 1. The highest BCUT2D eigenvalue weighted by Crippen LogP contribution is 2.36. The Morgan fingerprint density at radius 2 is 2.00 bits per heavy atom. The lowest BCUT2D eigenvalue weighted by atomic mass is 10.1. The van der Waals surface area contributed by atoms with Gasteiger partial charge in [0.1, 0.15) is 0 Å². The molecule has 1 fully saturated rings. The quantitative estimate of drug-likeness (QED) is 0.594. The maximum absolute atomic E-state index is 13.6. The fraction of sp³-hybridized carbons (Fsp3) is 0.500. The zero-order valence-electron chi connectivity index (χ0n) is 18.3. The zero-order chi connectivity index (χ0) is 22.8. The zero-order valence-corrected chi connectivity index (χ0v) is 18.3. The predicted molar refractivity (Wildman–Crippen MR) is 110 cm³/mol. The minimum atomic E-state index is -1.78. The molecule has 0 aliphatic heterocycles. The summed E-state index contributed by atoms with van der Waals surface area (Å²) in [6.07, 6.45) is 0.499. The third-order valence-electron chi connectivity index (χ3n) is 4.55. The first-order valence-corrected chi connectivity index (χ1v) is 10.1. The van der Waals surface area contributed by atoms with Crippen molar-refractivity contribution in [3.8, 4) is 23.0 Å². The number of halogens is 1. The van der Waals surface area contributed by atoms with E-state index >= 15 is 0 Å². The Morgan fingerprint density at radius 3 is 2.58 bits per heavy atom. The monoisotopic (exact) mass is 434 g/mol. The van der Waals surface area contributed by atoms with Crippen LogP contribution in [0.1, 0.15) is 62.9 Å². The molecule has 1 N–H and O–H groups in total. The molecular weight excluding hydrogens is 407 g/mol. The molecule has 1 saturated carbocycles. The standard InChI is InChI=1S/C22H27FN2O6/c1-12(30-21(27)25-22(2,3)4)18-17(19(23)26)24-20(31-18)14-8-9-15(28-5)16(10-14)29-11-13-6-7-13/h8-10,12-13H,6-7,11H2,1-5H3,(H,25,27)/t12-/m0/s1. The van der Waals surface area contributed by atoms with Gasteiger partial charge < -0.3 is 23.9 Å². The van der Waals surface area contributed by atoms with E-state index in [1.807, 2.05) is 0 Å². The summed E-state index contributed by atoms with van der Waals surface area (Å²) in [6.45, 7) is 7.40. The topological polar surface area (TPSA) is 99.9 Å². The van der Waals surface area contributed by atoms with Crippen LogP contribution in [0.15, 0.2) is 22.6 Å². The van der Waals surface area contributed by atoms with E-state index < -0.39 is 29.5 Å². The Labute approximate surface area is 180 Å². The molecule has 2 aromatic rings. The fourth-order valence-electron chi connectivity index (χ4n) is 2.84. The molecule has 0 unspecified atom stereocenters. The van der Waals surface area contributed by atoms with E-state index in [1.165, 1.54) is 14.0 Å². The van der Waals surface area contributed by atoms with Crippen LogP contribution in [0.3, 0.4) is 0 Å². The van der Waals surface area contributed by atoms with Gasteiger partial charge in [0, 0.05) is 11.1 Å². The van der Waals surface area contributed by atoms with Crippen LogP contribution >= 0.6 is 0 Å². The Balaban J connectivity index is 1.86. The van der Waals surface area contributed by atoms with Gasteiger partial charge in [0.15, 0.2) is 29.1 Å². The minimum Gasteiger partial charge on any atom is -0.493 e. The third-order valence-corrected chi connectivity index (χ3v) is 4.55. The largest absolute Gasteiger partial charge is 0.493 e. The maximum Gasteiger partial charge on any atom is 0.408 e. The third kappa shape index (κ3) is 5.96. The first kappa shape index (κ1) is 22.6. The van der Waals surface area contributed by atoms with Crippen LogP contribution in [-0.2, 0) is 4.74 Å². The van der Waals surface area contributed by atoms with Crippen molar-refractivity contribution in [2.45, 2.75) is 52.2 Å². The van der Waals surface area contributed by atoms with Crippen LogP contribution in [0, 0.1) is 5.92 Å². The van der Waals surface area contributed by atoms with Gasteiger partial charge in [-0.3, -0.25) is 4.79 Å². The molecule has 8 nitrogen and oxygen atoms in total. The highest BCUT2D eigenvalue weighted by molar-refractivity contribution is 5.88. The molecule has 0 radical (unpaired) electrons. The summed E-state index contributed by atoms with van der Waals surface area (Å²) < 4.78 is 35.7. The fourth-order valence-corrected chi connectivity index (χ4v) is 2.84. The molecule has 0 spiro atoms. The number of hydrogen-bond acceptors (Lipinski definition) is 7. The van der Waals surface area contributed by atoms with Crippen LogP contribution in [0.4, 0.5) is 9.18 Å². The van der Waals surface area contributed by atoms with Gasteiger partial charge in [0.25, 0.3) is 0 Å². The van der Waals surface area contributed by atoms with Gasteiger partial charge in [-0.05, 0) is 64.7 Å². The first-order chi connectivity index (χ1) is 14.6. The van der Waals surface area contributed by atoms with Crippen LogP contribution in [0.5, 0.6) is 11.5 Å². The van der Waals surface area contributed by atoms with E-state index in [2.05, 4.69) is 10.3 Å². The number of benzene rings is 1. The molecule has 1 atom stereocenters. The number of rotatable bonds is 8. The second-order valence-corrected chi connectivity index (χ2v) is 8.55. The summed E-state index contributed by atoms with van der Waals surface area (Å²) >= 11 is 0. The molecule has 1 heterocycles. The summed E-state index contributed by atoms with van der Waals surface area (Å²) in [5.74, 6) is 1.39. The summed E-state index contributed by atoms with van der Waals surface area (Å²) in [4.78, 5) is 27.5. The van der Waals surface area contributed by atoms with Crippen LogP contribution in [0.2, 0.25) is 0 Å². The lowest BCUT2D eigenvalue weighted by Gasteiger charge is -2.21. The van der Waals surface area contributed by atoms with Crippen molar-refractivity contribution in [2.75, 3.05) is 13.7 Å². The summed E-state index contributed by atoms with van der Waals surface area (Å²) in [5, 5.41) is 2.62. The van der Waals surface area contributed by atoms with E-state index in [1.54, 1.807) is 39.0 Å². The van der Waals surface area contributed by atoms with Crippen LogP contribution in [-0.4, -0.2) is 36.4 Å². The number of nitrogens with zero attached hydrogens (tertiary/aromatic N) is 1. The number of ether oxygens (including phenoxy) is 3. The van der Waals surface area contributed by atoms with Gasteiger partial charge in [0.2, 0.25) is 5.89 Å². The molecule has 0 saturated heterocycles. The Bertz CT molecular complexity index is 961. The Kier molecular flexibility index (Phi) is 6.52. The van der Waals surface area contributed by atoms with Gasteiger partial charge in [0.05, 0.1) is 13.7 Å². The number of carbonyl (C=O) groups is 2. The van der Waals surface area contributed by atoms with Gasteiger partial charge in [-0.15, -0.1) is 0 Å². The van der Waals surface area contributed by atoms with E-state index in [9.17, 15) is 14.0 Å². The van der Waals surface area contributed by atoms with Crippen molar-refractivity contribution in [3.63, 3.8) is 0 Å². The van der Waals surface area contributed by atoms with Gasteiger partial charge in [-0.2, -0.15) is 4.39 Å². The summed E-state index contributed by atoms with van der Waals surface area (Å²) in [6, 6.07) is 3.20. The van der Waals surface area contributed by atoms with Crippen molar-refractivity contribution in [3.05, 3.63) is 29.7 Å². The van der Waals surface area contributed by atoms with Crippen molar-refractivity contribution in [1.29, 1.82) is 0 Å². The normalized spacial score (nSPS) is 14.6. The molecule has 168 valence electrons. The van der Waals surface area contributed by atoms with Crippen LogP contribution < -0.4 is 14.8 Å². The smallest absolute Gasteiger partial charge is 0.408 e. The van der Waals surface area contributed by atoms with Gasteiger partial charge in [-0.1, -0.05) is 0 Å². The van der Waals surface area contributed by atoms with E-state index in [0.29, 0.717) is 29.6 Å². The Hall–Kier alpha value is -3.10. The van der Waals surface area contributed by atoms with Crippen LogP contribution in [0.25, 0.3) is 11.5 Å². The second kappa shape index (κ2) is 8.95. The van der Waals surface area contributed by atoms with Gasteiger partial charge >= 0.3 is 12.1 Å². The molecule has 1 aromatic carbocycles. The second-order valence-electron chi connectivity index (χ2n) is 8.55. The number of hydrogen-bond donors (Lipinski definition) is 1. The average molecular weight is 434 g/mol. The molecule has 1 aromatic heterocycles. The molecule has 3 rings (SSSR count). The number of aromatic nitrogens is 1. The van der Waals surface area contributed by atoms with Crippen molar-refractivity contribution in [1.82, 2.24) is 10.3 Å². The number of amides is 1. The molecule has 31 heavy (non-hydrogen) atoms. The molecule has 1 aliphatic carbocycles. The molecule has 0 bridgehead atoms. The number of oxazole rings is 1. The summed E-state index contributed by atoms with van der Waals surface area (Å²) in [7, 11) is 1.53. The number of carbonyl (C=O) groups excluding carboxylic acids is 2. The highest BCUT2D eigenvalue weighted by Gasteiger charge is 2.29. The molecule has 1 aliphatic rings. The maximum atomic E-state index is 13.6. The number of nitrogens with one attached hydrogen (secondary N) is 1. The first-order valence-electron chi connectivity index (χ1n) is 10.1. The van der Waals surface area contributed by atoms with Crippen molar-refractivity contribution in [2.24, 2.45) is 5.92 Å². The van der Waals surface area contributed by atoms with E-state index in [4.69, 9.17) is 18.6 Å². The summed E-state index contributed by atoms with van der Waals surface area (Å²) in [5.41, 5.74) is -0.601. The average Bonchev–Trinajstić information content (AvgIpc) is 3.39. The van der Waals surface area contributed by atoms with Gasteiger partial charge in [-0.25, -0.2) is 9.78 Å². The molecule has 9 heteroatoms. The van der Waals surface area contributed by atoms with E-state index in [0.717, 1.165) is 12.8 Å². The molecule has 1 amide bonds. The predicted octanol–water partition coefficient (Wildman–Crippen LogP) is 4.83. The van der Waals surface area contributed by atoms with Crippen molar-refractivity contribution < 1.29 is 32.6 Å². The van der Waals surface area contributed by atoms with E-state index in [-0.39, 0.29) is 11.7 Å². The highest BCUT2D eigenvalue weighted by atomic mass is 19.1. The minimum absolute atomic E-state index is 0.00149. The lowest BCUT2D eigenvalue weighted by molar-refractivity contribution is 0.0777. The lowest BCUT2D eigenvalue weighted by Crippen LogP contribution is -2.41. The van der Waals surface area contributed by atoms with Crippen molar-refractivity contribution >= 4 is 12.1 Å².